The van der Waals surface area contributed by atoms with E-state index in [-0.39, 0.29) is 23.7 Å². The zero-order valence-corrected chi connectivity index (χ0v) is 10.8. The number of anilines is 1. The Bertz CT molecular complexity index is 380. The Hall–Kier alpha value is -1.64. The summed E-state index contributed by atoms with van der Waals surface area (Å²) in [5, 5.41) is 0. The molecule has 0 spiro atoms. The van der Waals surface area contributed by atoms with Crippen molar-refractivity contribution in [2.75, 3.05) is 4.90 Å². The molecule has 0 radical (unpaired) electrons. The highest BCUT2D eigenvalue weighted by Gasteiger charge is 2.42. The number of benzene rings is 1. The van der Waals surface area contributed by atoms with Crippen molar-refractivity contribution in [3.8, 4) is 0 Å². The van der Waals surface area contributed by atoms with E-state index in [1.54, 1.807) is 26.0 Å². The zero-order chi connectivity index (χ0) is 13.0. The quantitative estimate of drug-likeness (QED) is 0.699. The first kappa shape index (κ1) is 13.4. The molecule has 1 aliphatic rings. The molecule has 2 amide bonds. The van der Waals surface area contributed by atoms with Gasteiger partial charge in [-0.25, -0.2) is 0 Å². The molecule has 0 aromatic heterocycles. The monoisotopic (exact) mass is 233 g/mol. The number of hydrogen-bond donors (Lipinski definition) is 0. The summed E-state index contributed by atoms with van der Waals surface area (Å²) in [6.07, 6.45) is 0. The number of imide groups is 1. The third-order valence-electron chi connectivity index (χ3n) is 2.98. The van der Waals surface area contributed by atoms with Crippen molar-refractivity contribution < 1.29 is 9.59 Å². The van der Waals surface area contributed by atoms with Gasteiger partial charge in [-0.15, -0.1) is 0 Å². The molecule has 3 nitrogen and oxygen atoms in total. The fourth-order valence-corrected chi connectivity index (χ4v) is 1.78. The number of para-hydroxylation sites is 1. The van der Waals surface area contributed by atoms with Gasteiger partial charge in [0.25, 0.3) is 0 Å². The molecule has 1 aromatic carbocycles. The first-order valence-corrected chi connectivity index (χ1v) is 6.06. The average molecular weight is 233 g/mol. The molecule has 0 bridgehead atoms. The van der Waals surface area contributed by atoms with Crippen LogP contribution in [0.3, 0.4) is 0 Å². The Morgan fingerprint density at radius 1 is 0.882 bits per heavy atom. The van der Waals surface area contributed by atoms with Crippen LogP contribution in [0.25, 0.3) is 0 Å². The number of nitrogens with zero attached hydrogens (tertiary/aromatic N) is 1. The summed E-state index contributed by atoms with van der Waals surface area (Å²) in [6.45, 7) is 7.60. The lowest BCUT2D eigenvalue weighted by atomic mass is 10.00. The fraction of sp³-hybridized carbons (Fsp3) is 0.429. The standard InChI is InChI=1S/C12H13NO2.C2H6/c1-8-9(2)12(15)13(11(8)14)10-6-4-3-5-7-10;1-2/h3-9H,1-2H3;1-2H3. The summed E-state index contributed by atoms with van der Waals surface area (Å²) in [4.78, 5) is 25.0. The van der Waals surface area contributed by atoms with Gasteiger partial charge < -0.3 is 0 Å². The lowest BCUT2D eigenvalue weighted by Gasteiger charge is -2.13. The van der Waals surface area contributed by atoms with Crippen LogP contribution in [0.5, 0.6) is 0 Å². The molecular formula is C14H19NO2. The van der Waals surface area contributed by atoms with Crippen LogP contribution in [0, 0.1) is 11.8 Å². The third kappa shape index (κ3) is 2.38. The summed E-state index contributed by atoms with van der Waals surface area (Å²) in [6, 6.07) is 9.07. The first-order valence-electron chi connectivity index (χ1n) is 6.06. The average Bonchev–Trinajstić information content (AvgIpc) is 2.58. The SMILES string of the molecule is CC.CC1C(=O)N(c2ccccc2)C(=O)C1C. The minimum absolute atomic E-state index is 0.0984. The van der Waals surface area contributed by atoms with Gasteiger partial charge in [-0.05, 0) is 12.1 Å². The van der Waals surface area contributed by atoms with Gasteiger partial charge in [0.1, 0.15) is 0 Å². The molecule has 2 rings (SSSR count). The van der Waals surface area contributed by atoms with Gasteiger partial charge in [0.2, 0.25) is 11.8 Å². The van der Waals surface area contributed by atoms with Crippen LogP contribution in [0.4, 0.5) is 5.69 Å². The summed E-state index contributed by atoms with van der Waals surface area (Å²) < 4.78 is 0. The van der Waals surface area contributed by atoms with Crippen LogP contribution in [0.2, 0.25) is 0 Å². The molecule has 2 atom stereocenters. The van der Waals surface area contributed by atoms with Crippen molar-refractivity contribution in [2.24, 2.45) is 11.8 Å². The van der Waals surface area contributed by atoms with Gasteiger partial charge >= 0.3 is 0 Å². The Morgan fingerprint density at radius 2 is 1.29 bits per heavy atom. The van der Waals surface area contributed by atoms with E-state index in [0.29, 0.717) is 5.69 Å². The van der Waals surface area contributed by atoms with Gasteiger partial charge in [-0.1, -0.05) is 45.9 Å². The van der Waals surface area contributed by atoms with Gasteiger partial charge in [-0.2, -0.15) is 0 Å². The molecule has 17 heavy (non-hydrogen) atoms. The first-order chi connectivity index (χ1) is 8.13. The highest BCUT2D eigenvalue weighted by atomic mass is 16.2. The van der Waals surface area contributed by atoms with Crippen LogP contribution in [-0.2, 0) is 9.59 Å². The van der Waals surface area contributed by atoms with E-state index in [1.807, 2.05) is 32.0 Å². The number of amides is 2. The Kier molecular flexibility index (Phi) is 4.44. The minimum atomic E-state index is -0.210. The minimum Gasteiger partial charge on any atom is -0.274 e. The number of rotatable bonds is 1. The van der Waals surface area contributed by atoms with Gasteiger partial charge in [-0.3, -0.25) is 14.5 Å². The number of hydrogen-bond acceptors (Lipinski definition) is 2. The largest absolute Gasteiger partial charge is 0.274 e. The number of carbonyl (C=O) groups is 2. The van der Waals surface area contributed by atoms with Crippen molar-refractivity contribution in [3.63, 3.8) is 0 Å². The topological polar surface area (TPSA) is 37.4 Å². The van der Waals surface area contributed by atoms with E-state index < -0.39 is 0 Å². The van der Waals surface area contributed by atoms with Gasteiger partial charge in [0.05, 0.1) is 5.69 Å². The Balaban J connectivity index is 0.000000686. The van der Waals surface area contributed by atoms with E-state index in [9.17, 15) is 9.59 Å². The summed E-state index contributed by atoms with van der Waals surface area (Å²) in [7, 11) is 0. The normalized spacial score (nSPS) is 23.4. The number of carbonyl (C=O) groups excluding carboxylic acids is 2. The third-order valence-corrected chi connectivity index (χ3v) is 2.98. The predicted octanol–water partition coefficient (Wildman–Crippen LogP) is 2.86. The fourth-order valence-electron chi connectivity index (χ4n) is 1.78. The predicted molar refractivity (Wildman–Crippen MR) is 68.6 cm³/mol. The van der Waals surface area contributed by atoms with Crippen LogP contribution in [-0.4, -0.2) is 11.8 Å². The van der Waals surface area contributed by atoms with E-state index in [1.165, 1.54) is 4.90 Å². The second kappa shape index (κ2) is 5.62. The Morgan fingerprint density at radius 3 is 1.71 bits per heavy atom. The molecule has 1 saturated heterocycles. The molecule has 1 fully saturated rings. The van der Waals surface area contributed by atoms with Crippen molar-refractivity contribution in [1.82, 2.24) is 0 Å². The van der Waals surface area contributed by atoms with Crippen molar-refractivity contribution in [1.29, 1.82) is 0 Å². The van der Waals surface area contributed by atoms with E-state index in [2.05, 4.69) is 0 Å². The lowest BCUT2D eigenvalue weighted by Crippen LogP contribution is -2.30. The molecule has 1 aromatic rings. The van der Waals surface area contributed by atoms with Crippen LogP contribution in [0.15, 0.2) is 30.3 Å². The zero-order valence-electron chi connectivity index (χ0n) is 10.8. The van der Waals surface area contributed by atoms with Crippen molar-refractivity contribution in [3.05, 3.63) is 30.3 Å². The summed E-state index contributed by atoms with van der Waals surface area (Å²) in [5.74, 6) is -0.618. The van der Waals surface area contributed by atoms with E-state index in [0.717, 1.165) is 0 Å². The smallest absolute Gasteiger partial charge is 0.237 e. The molecule has 0 saturated carbocycles. The lowest BCUT2D eigenvalue weighted by molar-refractivity contribution is -0.122. The molecule has 1 aliphatic heterocycles. The molecule has 92 valence electrons. The molecule has 0 aliphatic carbocycles. The maximum absolute atomic E-state index is 11.8. The van der Waals surface area contributed by atoms with Crippen LogP contribution < -0.4 is 4.90 Å². The second-order valence-corrected chi connectivity index (χ2v) is 3.92. The Labute approximate surface area is 102 Å². The van der Waals surface area contributed by atoms with Gasteiger partial charge in [0, 0.05) is 11.8 Å². The molecule has 1 heterocycles. The molecule has 2 unspecified atom stereocenters. The van der Waals surface area contributed by atoms with E-state index in [4.69, 9.17) is 0 Å². The van der Waals surface area contributed by atoms with Crippen LogP contribution >= 0.6 is 0 Å². The highest BCUT2D eigenvalue weighted by Crippen LogP contribution is 2.29. The van der Waals surface area contributed by atoms with Crippen molar-refractivity contribution >= 4 is 17.5 Å². The van der Waals surface area contributed by atoms with Crippen molar-refractivity contribution in [2.45, 2.75) is 27.7 Å². The van der Waals surface area contributed by atoms with Gasteiger partial charge in [0.15, 0.2) is 0 Å². The second-order valence-electron chi connectivity index (χ2n) is 3.92. The molecular weight excluding hydrogens is 214 g/mol. The molecule has 3 heteroatoms. The molecule has 0 N–H and O–H groups in total. The maximum atomic E-state index is 11.8. The highest BCUT2D eigenvalue weighted by molar-refractivity contribution is 6.21. The summed E-state index contributed by atoms with van der Waals surface area (Å²) >= 11 is 0. The maximum Gasteiger partial charge on any atom is 0.237 e. The van der Waals surface area contributed by atoms with Crippen LogP contribution in [0.1, 0.15) is 27.7 Å². The van der Waals surface area contributed by atoms with E-state index >= 15 is 0 Å². The summed E-state index contributed by atoms with van der Waals surface area (Å²) in [5.41, 5.74) is 0.670.